The molecule has 10 nitrogen and oxygen atoms in total. The molecule has 1 aliphatic rings. The van der Waals surface area contributed by atoms with Gasteiger partial charge in [0, 0.05) is 25.3 Å². The van der Waals surface area contributed by atoms with E-state index in [1.54, 1.807) is 31.2 Å². The molecule has 4 rings (SSSR count). The van der Waals surface area contributed by atoms with Crippen LogP contribution in [0.25, 0.3) is 10.3 Å². The predicted molar refractivity (Wildman–Crippen MR) is 136 cm³/mol. The zero-order valence-electron chi connectivity index (χ0n) is 19.9. The Bertz CT molecular complexity index is 1340. The second-order valence-electron chi connectivity index (χ2n) is 8.37. The van der Waals surface area contributed by atoms with Crippen LogP contribution in [0.15, 0.2) is 33.9 Å². The molecular weight excluding hydrogens is 470 g/mol. The Hall–Kier alpha value is -3.47. The number of rotatable bonds is 8. The number of hydrogen-bond donors (Lipinski definition) is 1. The van der Waals surface area contributed by atoms with Gasteiger partial charge in [0.25, 0.3) is 5.56 Å². The number of piperidine rings is 1. The van der Waals surface area contributed by atoms with Gasteiger partial charge in [-0.05, 0) is 56.9 Å². The number of carbonyl (C=O) groups is 2. The summed E-state index contributed by atoms with van der Waals surface area (Å²) in [6.07, 6.45) is 3.88. The molecule has 35 heavy (non-hydrogen) atoms. The number of anilines is 2. The fourth-order valence-corrected chi connectivity index (χ4v) is 5.17. The van der Waals surface area contributed by atoms with Gasteiger partial charge < -0.3 is 15.0 Å². The van der Waals surface area contributed by atoms with Gasteiger partial charge in [-0.15, -0.1) is 0 Å². The molecule has 1 aliphatic heterocycles. The van der Waals surface area contributed by atoms with Crippen molar-refractivity contribution in [3.8, 4) is 0 Å². The highest BCUT2D eigenvalue weighted by Gasteiger charge is 2.22. The molecule has 1 aromatic carbocycles. The van der Waals surface area contributed by atoms with E-state index in [-0.39, 0.29) is 30.9 Å². The minimum atomic E-state index is -0.548. The van der Waals surface area contributed by atoms with Gasteiger partial charge in [0.2, 0.25) is 5.91 Å². The lowest BCUT2D eigenvalue weighted by molar-refractivity contribution is -0.116. The largest absolute Gasteiger partial charge is 0.462 e. The third-order valence-corrected chi connectivity index (χ3v) is 6.90. The Balaban J connectivity index is 1.63. The molecule has 0 bridgehead atoms. The predicted octanol–water partition coefficient (Wildman–Crippen LogP) is 2.84. The molecule has 0 spiro atoms. The first-order chi connectivity index (χ1) is 16.9. The number of benzene rings is 1. The Morgan fingerprint density at radius 2 is 1.77 bits per heavy atom. The van der Waals surface area contributed by atoms with Gasteiger partial charge in [0.05, 0.1) is 12.2 Å². The third-order valence-electron chi connectivity index (χ3n) is 5.81. The van der Waals surface area contributed by atoms with E-state index in [4.69, 9.17) is 4.74 Å². The number of thiazole rings is 1. The minimum absolute atomic E-state index is 0.241. The third kappa shape index (κ3) is 5.29. The van der Waals surface area contributed by atoms with E-state index in [9.17, 15) is 19.2 Å². The molecule has 3 aromatic rings. The lowest BCUT2D eigenvalue weighted by Gasteiger charge is -2.25. The first-order valence-corrected chi connectivity index (χ1v) is 12.7. The average molecular weight is 500 g/mol. The fourth-order valence-electron chi connectivity index (χ4n) is 4.10. The van der Waals surface area contributed by atoms with E-state index in [1.807, 2.05) is 6.92 Å². The number of nitrogens with zero attached hydrogens (tertiary/aromatic N) is 4. The zero-order valence-corrected chi connectivity index (χ0v) is 20.7. The SMILES string of the molecule is CCCn1c(=O)c2sc(N3CCCCC3)nc2n(CC(=O)Nc2ccc(C(=O)OCC)cc2)c1=O. The Kier molecular flexibility index (Phi) is 7.64. The van der Waals surface area contributed by atoms with Crippen molar-refractivity contribution in [2.45, 2.75) is 52.6 Å². The van der Waals surface area contributed by atoms with E-state index < -0.39 is 17.6 Å². The van der Waals surface area contributed by atoms with Crippen LogP contribution in [-0.2, 0) is 22.6 Å². The lowest BCUT2D eigenvalue weighted by Crippen LogP contribution is -2.41. The summed E-state index contributed by atoms with van der Waals surface area (Å²) in [5.74, 6) is -0.878. The van der Waals surface area contributed by atoms with Gasteiger partial charge in [-0.3, -0.25) is 18.7 Å². The molecule has 0 saturated carbocycles. The molecule has 2 aromatic heterocycles. The molecule has 1 amide bonds. The molecule has 0 radical (unpaired) electrons. The second-order valence-corrected chi connectivity index (χ2v) is 9.35. The zero-order chi connectivity index (χ0) is 24.9. The minimum Gasteiger partial charge on any atom is -0.462 e. The van der Waals surface area contributed by atoms with Crippen LogP contribution in [0, 0.1) is 0 Å². The van der Waals surface area contributed by atoms with E-state index in [0.717, 1.165) is 32.4 Å². The van der Waals surface area contributed by atoms with Crippen LogP contribution in [0.3, 0.4) is 0 Å². The molecule has 11 heteroatoms. The molecule has 186 valence electrons. The van der Waals surface area contributed by atoms with E-state index >= 15 is 0 Å². The number of ether oxygens (including phenoxy) is 1. The number of fused-ring (bicyclic) bond motifs is 1. The number of carbonyl (C=O) groups excluding carboxylic acids is 2. The summed E-state index contributed by atoms with van der Waals surface area (Å²) in [6, 6.07) is 6.31. The van der Waals surface area contributed by atoms with Crippen molar-refractivity contribution in [1.82, 2.24) is 14.1 Å². The summed E-state index contributed by atoms with van der Waals surface area (Å²) in [4.78, 5) is 57.7. The maximum absolute atomic E-state index is 13.2. The summed E-state index contributed by atoms with van der Waals surface area (Å²) < 4.78 is 7.81. The Morgan fingerprint density at radius 3 is 2.43 bits per heavy atom. The summed E-state index contributed by atoms with van der Waals surface area (Å²) in [5, 5.41) is 3.45. The van der Waals surface area contributed by atoms with Crippen molar-refractivity contribution in [3.05, 3.63) is 50.7 Å². The van der Waals surface area contributed by atoms with Crippen molar-refractivity contribution < 1.29 is 14.3 Å². The summed E-state index contributed by atoms with van der Waals surface area (Å²) in [7, 11) is 0. The normalized spacial score (nSPS) is 13.7. The number of amides is 1. The highest BCUT2D eigenvalue weighted by atomic mass is 32.1. The molecule has 3 heterocycles. The summed E-state index contributed by atoms with van der Waals surface area (Å²) in [5.41, 5.74) is 0.181. The summed E-state index contributed by atoms with van der Waals surface area (Å²) in [6.45, 7) is 5.58. The molecule has 1 fully saturated rings. The van der Waals surface area contributed by atoms with Crippen molar-refractivity contribution in [2.75, 3.05) is 29.9 Å². The van der Waals surface area contributed by atoms with Crippen molar-refractivity contribution >= 4 is 44.4 Å². The number of esters is 1. The van der Waals surface area contributed by atoms with E-state index in [1.165, 1.54) is 20.5 Å². The van der Waals surface area contributed by atoms with Crippen LogP contribution < -0.4 is 21.5 Å². The van der Waals surface area contributed by atoms with Gasteiger partial charge in [0.1, 0.15) is 11.2 Å². The van der Waals surface area contributed by atoms with Crippen LogP contribution in [-0.4, -0.2) is 45.7 Å². The highest BCUT2D eigenvalue weighted by Crippen LogP contribution is 2.28. The van der Waals surface area contributed by atoms with Crippen LogP contribution >= 0.6 is 11.3 Å². The molecule has 1 saturated heterocycles. The van der Waals surface area contributed by atoms with Gasteiger partial charge in [-0.25, -0.2) is 14.6 Å². The molecule has 0 unspecified atom stereocenters. The monoisotopic (exact) mass is 499 g/mol. The first kappa shape index (κ1) is 24.6. The van der Waals surface area contributed by atoms with Crippen LogP contribution in [0.4, 0.5) is 10.8 Å². The Labute approximate surface area is 206 Å². The molecule has 0 atom stereocenters. The van der Waals surface area contributed by atoms with Crippen molar-refractivity contribution in [1.29, 1.82) is 0 Å². The second kappa shape index (κ2) is 10.9. The summed E-state index contributed by atoms with van der Waals surface area (Å²) >= 11 is 1.28. The number of nitrogens with one attached hydrogen (secondary N) is 1. The highest BCUT2D eigenvalue weighted by molar-refractivity contribution is 7.22. The fraction of sp³-hybridized carbons (Fsp3) is 0.458. The van der Waals surface area contributed by atoms with Gasteiger partial charge >= 0.3 is 11.7 Å². The standard InChI is InChI=1S/C24H29N5O5S/c1-3-12-28-21(31)19-20(26-23(35-19)27-13-6-5-7-14-27)29(24(28)33)15-18(30)25-17-10-8-16(9-11-17)22(32)34-4-2/h8-11H,3-7,12-15H2,1-2H3,(H,25,30). The van der Waals surface area contributed by atoms with Crippen LogP contribution in [0.1, 0.15) is 49.9 Å². The topological polar surface area (TPSA) is 116 Å². The van der Waals surface area contributed by atoms with Gasteiger partial charge in [-0.1, -0.05) is 18.3 Å². The average Bonchev–Trinajstić information content (AvgIpc) is 3.31. The van der Waals surface area contributed by atoms with E-state index in [2.05, 4.69) is 15.2 Å². The van der Waals surface area contributed by atoms with Crippen LogP contribution in [0.5, 0.6) is 0 Å². The van der Waals surface area contributed by atoms with Gasteiger partial charge in [-0.2, -0.15) is 0 Å². The maximum Gasteiger partial charge on any atom is 0.338 e. The van der Waals surface area contributed by atoms with Crippen LogP contribution in [0.2, 0.25) is 0 Å². The number of aromatic nitrogens is 3. The first-order valence-electron chi connectivity index (χ1n) is 11.9. The molecule has 1 N–H and O–H groups in total. The maximum atomic E-state index is 13.2. The lowest BCUT2D eigenvalue weighted by atomic mass is 10.1. The van der Waals surface area contributed by atoms with Crippen molar-refractivity contribution in [2.24, 2.45) is 0 Å². The van der Waals surface area contributed by atoms with Crippen molar-refractivity contribution in [3.63, 3.8) is 0 Å². The smallest absolute Gasteiger partial charge is 0.338 e. The molecule has 0 aliphatic carbocycles. The van der Waals surface area contributed by atoms with Gasteiger partial charge in [0.15, 0.2) is 10.8 Å². The quantitative estimate of drug-likeness (QED) is 0.474. The molecular formula is C24H29N5O5S. The number of hydrogen-bond acceptors (Lipinski definition) is 8. The Morgan fingerprint density at radius 1 is 1.06 bits per heavy atom. The van der Waals surface area contributed by atoms with E-state index in [0.29, 0.717) is 27.5 Å².